The van der Waals surface area contributed by atoms with Crippen molar-refractivity contribution < 1.29 is 13.2 Å². The van der Waals surface area contributed by atoms with Gasteiger partial charge in [0.05, 0.1) is 17.2 Å². The standard InChI is InChI=1S/C15H17F3N2S/c1-21-13-4-2-3-7-20(10-13)12-6-5-11(9-19)14(8-12)15(16,17)18/h5-6,8,13H,2-4,7,10H2,1H3. The molecule has 114 valence electrons. The Hall–Kier alpha value is -1.35. The van der Waals surface area contributed by atoms with E-state index >= 15 is 0 Å². The van der Waals surface area contributed by atoms with Crippen LogP contribution in [0.1, 0.15) is 30.4 Å². The maximum Gasteiger partial charge on any atom is 0.417 e. The van der Waals surface area contributed by atoms with E-state index in [1.807, 2.05) is 11.2 Å². The van der Waals surface area contributed by atoms with Gasteiger partial charge in [0.25, 0.3) is 0 Å². The van der Waals surface area contributed by atoms with Crippen LogP contribution < -0.4 is 4.90 Å². The molecule has 0 spiro atoms. The Bertz CT molecular complexity index is 537. The fraction of sp³-hybridized carbons (Fsp3) is 0.533. The Morgan fingerprint density at radius 3 is 2.71 bits per heavy atom. The van der Waals surface area contributed by atoms with Gasteiger partial charge in [-0.3, -0.25) is 0 Å². The highest BCUT2D eigenvalue weighted by Crippen LogP contribution is 2.35. The van der Waals surface area contributed by atoms with Gasteiger partial charge in [-0.15, -0.1) is 0 Å². The zero-order valence-corrected chi connectivity index (χ0v) is 12.6. The number of halogens is 3. The molecule has 1 atom stereocenters. The maximum absolute atomic E-state index is 13.0. The summed E-state index contributed by atoms with van der Waals surface area (Å²) in [6.45, 7) is 1.52. The molecule has 21 heavy (non-hydrogen) atoms. The number of benzene rings is 1. The zero-order chi connectivity index (χ0) is 15.5. The number of nitriles is 1. The molecule has 0 radical (unpaired) electrons. The Balaban J connectivity index is 2.33. The predicted molar refractivity (Wildman–Crippen MR) is 79.5 cm³/mol. The van der Waals surface area contributed by atoms with Gasteiger partial charge in [0.2, 0.25) is 0 Å². The number of rotatable bonds is 2. The minimum Gasteiger partial charge on any atom is -0.370 e. The molecule has 0 N–H and O–H groups in total. The van der Waals surface area contributed by atoms with E-state index in [1.165, 1.54) is 6.07 Å². The predicted octanol–water partition coefficient (Wildman–Crippen LogP) is 4.30. The van der Waals surface area contributed by atoms with Crippen LogP contribution in [0, 0.1) is 11.3 Å². The minimum absolute atomic E-state index is 0.317. The number of alkyl halides is 3. The molecular weight excluding hydrogens is 297 g/mol. The van der Waals surface area contributed by atoms with E-state index in [1.54, 1.807) is 23.9 Å². The molecule has 0 bridgehead atoms. The molecule has 6 heteroatoms. The molecule has 1 aliphatic rings. The Morgan fingerprint density at radius 1 is 1.33 bits per heavy atom. The molecule has 0 saturated carbocycles. The minimum atomic E-state index is -4.49. The zero-order valence-electron chi connectivity index (χ0n) is 11.8. The molecule has 0 aromatic heterocycles. The highest BCUT2D eigenvalue weighted by Gasteiger charge is 2.34. The summed E-state index contributed by atoms with van der Waals surface area (Å²) in [5, 5.41) is 9.28. The van der Waals surface area contributed by atoms with E-state index < -0.39 is 11.7 Å². The summed E-state index contributed by atoms with van der Waals surface area (Å²) in [6, 6.07) is 5.63. The highest BCUT2D eigenvalue weighted by atomic mass is 32.2. The van der Waals surface area contributed by atoms with Crippen molar-refractivity contribution in [2.24, 2.45) is 0 Å². The van der Waals surface area contributed by atoms with Crippen molar-refractivity contribution in [1.29, 1.82) is 5.26 Å². The van der Waals surface area contributed by atoms with Crippen molar-refractivity contribution in [3.63, 3.8) is 0 Å². The first-order chi connectivity index (χ1) is 9.95. The summed E-state index contributed by atoms with van der Waals surface area (Å²) in [6.07, 6.45) is 0.725. The SMILES string of the molecule is CSC1CCCCN(c2ccc(C#N)c(C(F)(F)F)c2)C1. The van der Waals surface area contributed by atoms with E-state index in [0.29, 0.717) is 10.9 Å². The van der Waals surface area contributed by atoms with E-state index in [2.05, 4.69) is 0 Å². The van der Waals surface area contributed by atoms with Crippen LogP contribution in [0.15, 0.2) is 18.2 Å². The maximum atomic E-state index is 13.0. The van der Waals surface area contributed by atoms with E-state index in [9.17, 15) is 13.2 Å². The second-order valence-electron chi connectivity index (χ2n) is 5.14. The van der Waals surface area contributed by atoms with Crippen LogP contribution in [0.4, 0.5) is 18.9 Å². The summed E-state index contributed by atoms with van der Waals surface area (Å²) in [4.78, 5) is 2.00. The van der Waals surface area contributed by atoms with Crippen LogP contribution >= 0.6 is 11.8 Å². The smallest absolute Gasteiger partial charge is 0.370 e. The number of nitrogens with zero attached hydrogens (tertiary/aromatic N) is 2. The number of anilines is 1. The average Bonchev–Trinajstić information content (AvgIpc) is 2.71. The second-order valence-corrected chi connectivity index (χ2v) is 6.28. The topological polar surface area (TPSA) is 27.0 Å². The molecule has 2 nitrogen and oxygen atoms in total. The van der Waals surface area contributed by atoms with Crippen molar-refractivity contribution in [3.05, 3.63) is 29.3 Å². The molecule has 1 aromatic carbocycles. The third kappa shape index (κ3) is 3.85. The van der Waals surface area contributed by atoms with Gasteiger partial charge in [-0.1, -0.05) is 6.42 Å². The lowest BCUT2D eigenvalue weighted by molar-refractivity contribution is -0.137. The quantitative estimate of drug-likeness (QED) is 0.814. The second kappa shape index (κ2) is 6.61. The Morgan fingerprint density at radius 2 is 2.10 bits per heavy atom. The number of thioether (sulfide) groups is 1. The fourth-order valence-corrected chi connectivity index (χ4v) is 3.32. The van der Waals surface area contributed by atoms with Crippen LogP contribution in [-0.4, -0.2) is 24.6 Å². The fourth-order valence-electron chi connectivity index (χ4n) is 2.59. The largest absolute Gasteiger partial charge is 0.417 e. The van der Waals surface area contributed by atoms with Gasteiger partial charge < -0.3 is 4.90 Å². The van der Waals surface area contributed by atoms with Gasteiger partial charge >= 0.3 is 6.18 Å². The molecule has 1 unspecified atom stereocenters. The van der Waals surface area contributed by atoms with Gasteiger partial charge in [0.1, 0.15) is 0 Å². The molecular formula is C15H17F3N2S. The molecule has 0 aliphatic carbocycles. The molecule has 1 aliphatic heterocycles. The first kappa shape index (κ1) is 16.0. The molecule has 0 amide bonds. The van der Waals surface area contributed by atoms with Crippen LogP contribution in [-0.2, 0) is 6.18 Å². The van der Waals surface area contributed by atoms with Crippen LogP contribution in [0.5, 0.6) is 0 Å². The van der Waals surface area contributed by atoms with E-state index in [-0.39, 0.29) is 5.56 Å². The van der Waals surface area contributed by atoms with Gasteiger partial charge in [-0.2, -0.15) is 30.2 Å². The summed E-state index contributed by atoms with van der Waals surface area (Å²) < 4.78 is 39.1. The summed E-state index contributed by atoms with van der Waals surface area (Å²) >= 11 is 1.76. The highest BCUT2D eigenvalue weighted by molar-refractivity contribution is 7.99. The first-order valence-electron chi connectivity index (χ1n) is 6.85. The molecule has 1 heterocycles. The lowest BCUT2D eigenvalue weighted by atomic mass is 10.1. The van der Waals surface area contributed by atoms with Gasteiger partial charge in [0, 0.05) is 24.0 Å². The van der Waals surface area contributed by atoms with Crippen LogP contribution in [0.25, 0.3) is 0 Å². The summed E-state index contributed by atoms with van der Waals surface area (Å²) in [5.41, 5.74) is -0.600. The normalized spacial score (nSPS) is 20.0. The molecule has 1 fully saturated rings. The third-order valence-corrected chi connectivity index (χ3v) is 4.81. The first-order valence-corrected chi connectivity index (χ1v) is 8.13. The summed E-state index contributed by atoms with van der Waals surface area (Å²) in [7, 11) is 0. The third-order valence-electron chi connectivity index (χ3n) is 3.76. The Labute approximate surface area is 126 Å². The van der Waals surface area contributed by atoms with E-state index in [0.717, 1.165) is 38.4 Å². The van der Waals surface area contributed by atoms with Crippen LogP contribution in [0.2, 0.25) is 0 Å². The van der Waals surface area contributed by atoms with Crippen LogP contribution in [0.3, 0.4) is 0 Å². The lowest BCUT2D eigenvalue weighted by Crippen LogP contribution is -2.29. The van der Waals surface area contributed by atoms with Gasteiger partial charge in [-0.25, -0.2) is 0 Å². The monoisotopic (exact) mass is 314 g/mol. The van der Waals surface area contributed by atoms with Crippen molar-refractivity contribution in [2.75, 3.05) is 24.2 Å². The van der Waals surface area contributed by atoms with Crippen molar-refractivity contribution in [1.82, 2.24) is 0 Å². The number of hydrogen-bond donors (Lipinski definition) is 0. The number of hydrogen-bond acceptors (Lipinski definition) is 3. The molecule has 1 aromatic rings. The Kier molecular flexibility index (Phi) is 5.04. The van der Waals surface area contributed by atoms with Crippen molar-refractivity contribution in [3.8, 4) is 6.07 Å². The molecule has 2 rings (SSSR count). The lowest BCUT2D eigenvalue weighted by Gasteiger charge is -2.26. The van der Waals surface area contributed by atoms with Gasteiger partial charge in [0.15, 0.2) is 0 Å². The summed E-state index contributed by atoms with van der Waals surface area (Å²) in [5.74, 6) is 0. The van der Waals surface area contributed by atoms with Gasteiger partial charge in [-0.05, 0) is 37.3 Å². The van der Waals surface area contributed by atoms with Crippen molar-refractivity contribution >= 4 is 17.4 Å². The van der Waals surface area contributed by atoms with E-state index in [4.69, 9.17) is 5.26 Å². The average molecular weight is 314 g/mol. The molecule has 1 saturated heterocycles. The van der Waals surface area contributed by atoms with Crippen molar-refractivity contribution in [2.45, 2.75) is 30.7 Å².